The maximum atomic E-state index is 5.27. The normalized spacial score (nSPS) is 10.6. The Labute approximate surface area is 105 Å². The van der Waals surface area contributed by atoms with Crippen LogP contribution in [0.2, 0.25) is 0 Å². The van der Waals surface area contributed by atoms with Crippen molar-refractivity contribution in [1.29, 1.82) is 0 Å². The second kappa shape index (κ2) is 7.21. The SMILES string of the molecule is CCCC(CCC)Nc1cc(OC)ccc1C. The number of ether oxygens (including phenoxy) is 1. The molecule has 0 amide bonds. The third-order valence-corrected chi connectivity index (χ3v) is 3.08. The summed E-state index contributed by atoms with van der Waals surface area (Å²) in [6.45, 7) is 6.61. The van der Waals surface area contributed by atoms with Crippen molar-refractivity contribution in [3.63, 3.8) is 0 Å². The van der Waals surface area contributed by atoms with Crippen molar-refractivity contribution in [2.24, 2.45) is 0 Å². The third-order valence-electron chi connectivity index (χ3n) is 3.08. The third kappa shape index (κ3) is 4.29. The molecule has 0 saturated carbocycles. The molecule has 2 nitrogen and oxygen atoms in total. The molecule has 0 bridgehead atoms. The van der Waals surface area contributed by atoms with E-state index in [4.69, 9.17) is 4.74 Å². The Balaban J connectivity index is 2.76. The van der Waals surface area contributed by atoms with E-state index in [-0.39, 0.29) is 0 Å². The van der Waals surface area contributed by atoms with E-state index in [0.29, 0.717) is 6.04 Å². The highest BCUT2D eigenvalue weighted by Crippen LogP contribution is 2.24. The van der Waals surface area contributed by atoms with Crippen molar-refractivity contribution in [2.45, 2.75) is 52.5 Å². The first-order valence-corrected chi connectivity index (χ1v) is 6.62. The molecule has 0 aromatic heterocycles. The topological polar surface area (TPSA) is 21.3 Å². The van der Waals surface area contributed by atoms with Crippen molar-refractivity contribution < 1.29 is 4.74 Å². The van der Waals surface area contributed by atoms with E-state index in [2.05, 4.69) is 38.2 Å². The molecule has 2 heteroatoms. The highest BCUT2D eigenvalue weighted by Gasteiger charge is 2.08. The van der Waals surface area contributed by atoms with Gasteiger partial charge >= 0.3 is 0 Å². The van der Waals surface area contributed by atoms with E-state index in [1.165, 1.54) is 36.9 Å². The van der Waals surface area contributed by atoms with E-state index in [0.717, 1.165) is 5.75 Å². The molecule has 0 radical (unpaired) electrons. The van der Waals surface area contributed by atoms with Crippen molar-refractivity contribution >= 4 is 5.69 Å². The largest absolute Gasteiger partial charge is 0.497 e. The molecule has 0 unspecified atom stereocenters. The zero-order chi connectivity index (χ0) is 12.7. The maximum Gasteiger partial charge on any atom is 0.120 e. The first-order chi connectivity index (χ1) is 8.21. The van der Waals surface area contributed by atoms with E-state index in [9.17, 15) is 0 Å². The van der Waals surface area contributed by atoms with Gasteiger partial charge in [0.25, 0.3) is 0 Å². The Kier molecular flexibility index (Phi) is 5.88. The standard InChI is InChI=1S/C15H25NO/c1-5-7-13(8-6-2)16-15-11-14(17-4)10-9-12(15)3/h9-11,13,16H,5-8H2,1-4H3. The summed E-state index contributed by atoms with van der Waals surface area (Å²) in [7, 11) is 1.71. The van der Waals surface area contributed by atoms with Gasteiger partial charge in [0.15, 0.2) is 0 Å². The van der Waals surface area contributed by atoms with Crippen LogP contribution >= 0.6 is 0 Å². The van der Waals surface area contributed by atoms with Crippen LogP contribution in [0.1, 0.15) is 45.1 Å². The molecule has 17 heavy (non-hydrogen) atoms. The fourth-order valence-electron chi connectivity index (χ4n) is 2.09. The van der Waals surface area contributed by atoms with Crippen LogP contribution in [0.25, 0.3) is 0 Å². The van der Waals surface area contributed by atoms with Gasteiger partial charge in [-0.25, -0.2) is 0 Å². The van der Waals surface area contributed by atoms with Crippen LogP contribution in [0.5, 0.6) is 5.75 Å². The van der Waals surface area contributed by atoms with Crippen LogP contribution in [0.3, 0.4) is 0 Å². The number of benzene rings is 1. The molecule has 1 aromatic rings. The van der Waals surface area contributed by atoms with E-state index in [1.54, 1.807) is 7.11 Å². The number of nitrogens with one attached hydrogen (secondary N) is 1. The van der Waals surface area contributed by atoms with Gasteiger partial charge in [0.2, 0.25) is 0 Å². The molecular formula is C15H25NO. The molecule has 1 aromatic carbocycles. The fourth-order valence-corrected chi connectivity index (χ4v) is 2.09. The minimum atomic E-state index is 0.579. The lowest BCUT2D eigenvalue weighted by Gasteiger charge is -2.20. The van der Waals surface area contributed by atoms with Crippen molar-refractivity contribution in [3.05, 3.63) is 23.8 Å². The Hall–Kier alpha value is -1.18. The van der Waals surface area contributed by atoms with Gasteiger partial charge in [-0.3, -0.25) is 0 Å². The zero-order valence-corrected chi connectivity index (χ0v) is 11.5. The lowest BCUT2D eigenvalue weighted by Crippen LogP contribution is -2.19. The Morgan fingerprint density at radius 3 is 2.35 bits per heavy atom. The summed E-state index contributed by atoms with van der Waals surface area (Å²) < 4.78 is 5.27. The van der Waals surface area contributed by atoms with Gasteiger partial charge in [0.05, 0.1) is 7.11 Å². The minimum absolute atomic E-state index is 0.579. The van der Waals surface area contributed by atoms with Gasteiger partial charge in [-0.2, -0.15) is 0 Å². The van der Waals surface area contributed by atoms with Crippen LogP contribution in [-0.4, -0.2) is 13.2 Å². The summed E-state index contributed by atoms with van der Waals surface area (Å²) in [5, 5.41) is 3.64. The van der Waals surface area contributed by atoms with E-state index >= 15 is 0 Å². The van der Waals surface area contributed by atoms with Crippen LogP contribution in [0, 0.1) is 6.92 Å². The van der Waals surface area contributed by atoms with Crippen LogP contribution in [0.4, 0.5) is 5.69 Å². The lowest BCUT2D eigenvalue weighted by atomic mass is 10.1. The van der Waals surface area contributed by atoms with Gasteiger partial charge < -0.3 is 10.1 Å². The summed E-state index contributed by atoms with van der Waals surface area (Å²) >= 11 is 0. The van der Waals surface area contributed by atoms with Crippen LogP contribution in [0.15, 0.2) is 18.2 Å². The van der Waals surface area contributed by atoms with Crippen molar-refractivity contribution in [1.82, 2.24) is 0 Å². The van der Waals surface area contributed by atoms with E-state index < -0.39 is 0 Å². The Morgan fingerprint density at radius 2 is 1.82 bits per heavy atom. The zero-order valence-electron chi connectivity index (χ0n) is 11.5. The van der Waals surface area contributed by atoms with Crippen molar-refractivity contribution in [2.75, 3.05) is 12.4 Å². The van der Waals surface area contributed by atoms with Crippen molar-refractivity contribution in [3.8, 4) is 5.75 Å². The highest BCUT2D eigenvalue weighted by atomic mass is 16.5. The molecule has 1 rings (SSSR count). The average Bonchev–Trinajstić information content (AvgIpc) is 2.32. The number of hydrogen-bond acceptors (Lipinski definition) is 2. The van der Waals surface area contributed by atoms with Gasteiger partial charge in [0.1, 0.15) is 5.75 Å². The molecule has 0 spiro atoms. The van der Waals surface area contributed by atoms with Gasteiger partial charge in [-0.15, -0.1) is 0 Å². The smallest absolute Gasteiger partial charge is 0.120 e. The first-order valence-electron chi connectivity index (χ1n) is 6.62. The van der Waals surface area contributed by atoms with Crippen LogP contribution in [-0.2, 0) is 0 Å². The second-order valence-electron chi connectivity index (χ2n) is 4.60. The number of hydrogen-bond donors (Lipinski definition) is 1. The van der Waals surface area contributed by atoms with Gasteiger partial charge in [-0.1, -0.05) is 32.8 Å². The summed E-state index contributed by atoms with van der Waals surface area (Å²) in [4.78, 5) is 0. The Morgan fingerprint density at radius 1 is 1.18 bits per heavy atom. The monoisotopic (exact) mass is 235 g/mol. The van der Waals surface area contributed by atoms with Gasteiger partial charge in [-0.05, 0) is 31.4 Å². The van der Waals surface area contributed by atoms with Gasteiger partial charge in [0, 0.05) is 17.8 Å². The molecular weight excluding hydrogens is 210 g/mol. The maximum absolute atomic E-state index is 5.27. The Bertz CT molecular complexity index is 330. The molecule has 1 N–H and O–H groups in total. The highest BCUT2D eigenvalue weighted by molar-refractivity contribution is 5.55. The molecule has 0 aliphatic carbocycles. The molecule has 0 aliphatic heterocycles. The number of aryl methyl sites for hydroxylation is 1. The minimum Gasteiger partial charge on any atom is -0.497 e. The number of anilines is 1. The predicted octanol–water partition coefficient (Wildman–Crippen LogP) is 4.38. The molecule has 0 aliphatic rings. The summed E-state index contributed by atoms with van der Waals surface area (Å²) in [5.74, 6) is 0.921. The average molecular weight is 235 g/mol. The first kappa shape index (κ1) is 13.9. The molecule has 0 fully saturated rings. The summed E-state index contributed by atoms with van der Waals surface area (Å²) in [5.41, 5.74) is 2.49. The molecule has 0 heterocycles. The fraction of sp³-hybridized carbons (Fsp3) is 0.600. The lowest BCUT2D eigenvalue weighted by molar-refractivity contribution is 0.415. The molecule has 0 atom stereocenters. The van der Waals surface area contributed by atoms with Crippen LogP contribution < -0.4 is 10.1 Å². The molecule has 96 valence electrons. The quantitative estimate of drug-likeness (QED) is 0.757. The summed E-state index contributed by atoms with van der Waals surface area (Å²) in [6.07, 6.45) is 4.90. The predicted molar refractivity (Wildman–Crippen MR) is 75.0 cm³/mol. The summed E-state index contributed by atoms with van der Waals surface area (Å²) in [6, 6.07) is 6.79. The molecule has 0 saturated heterocycles. The van der Waals surface area contributed by atoms with E-state index in [1.807, 2.05) is 6.07 Å². The second-order valence-corrected chi connectivity index (χ2v) is 4.60. The number of methoxy groups -OCH3 is 1. The number of rotatable bonds is 7.